The zero-order valence-electron chi connectivity index (χ0n) is 4.28. The summed E-state index contributed by atoms with van der Waals surface area (Å²) in [5, 5.41) is 8.20. The van der Waals surface area contributed by atoms with Crippen LogP contribution in [0.15, 0.2) is 0 Å². The molecule has 0 aliphatic rings. The van der Waals surface area contributed by atoms with E-state index in [0.29, 0.717) is 6.61 Å². The van der Waals surface area contributed by atoms with E-state index in [1.54, 1.807) is 0 Å². The monoisotopic (exact) mass is 130 g/mol. The first-order valence-corrected chi connectivity index (χ1v) is 2.52. The van der Waals surface area contributed by atoms with Gasteiger partial charge in [0, 0.05) is 6.61 Å². The molecule has 1 nitrogen and oxygen atoms in total. The molecule has 0 saturated carbocycles. The molecular weight excluding hydrogens is 116 g/mol. The van der Waals surface area contributed by atoms with Crippen LogP contribution in [0, 0.1) is 0 Å². The van der Waals surface area contributed by atoms with Crippen LogP contribution >= 0.6 is 0 Å². The summed E-state index contributed by atoms with van der Waals surface area (Å²) in [6.45, 7) is 2.48. The normalized spacial score (nSPS) is 7.71. The van der Waals surface area contributed by atoms with Gasteiger partial charge in [0.05, 0.1) is 0 Å². The van der Waals surface area contributed by atoms with Crippen LogP contribution in [0.2, 0.25) is 0 Å². The van der Waals surface area contributed by atoms with Crippen molar-refractivity contribution >= 4 is 37.7 Å². The van der Waals surface area contributed by atoms with E-state index in [2.05, 4.69) is 6.92 Å². The summed E-state index contributed by atoms with van der Waals surface area (Å²) in [7, 11) is 0. The van der Waals surface area contributed by atoms with E-state index in [-0.39, 0.29) is 37.7 Å². The van der Waals surface area contributed by atoms with Gasteiger partial charge in [0.2, 0.25) is 0 Å². The Balaban J connectivity index is 0. The van der Waals surface area contributed by atoms with Crippen molar-refractivity contribution in [3.05, 3.63) is 0 Å². The number of aliphatic hydroxyl groups is 1. The van der Waals surface area contributed by atoms with Crippen molar-refractivity contribution in [1.82, 2.24) is 0 Å². The summed E-state index contributed by atoms with van der Waals surface area (Å²) >= 11 is 0. The van der Waals surface area contributed by atoms with Gasteiger partial charge in [-0.15, -0.1) is 0 Å². The molecule has 0 radical (unpaired) electrons. The van der Waals surface area contributed by atoms with Gasteiger partial charge in [0.1, 0.15) is 0 Å². The number of unbranched alkanes of at least 4 members (excludes halogenated alkanes) is 2. The maximum absolute atomic E-state index is 8.20. The van der Waals surface area contributed by atoms with Gasteiger partial charge in [-0.25, -0.2) is 0 Å². The van der Waals surface area contributed by atoms with Crippen molar-refractivity contribution in [2.24, 2.45) is 0 Å². The molecule has 0 fully saturated rings. The molecule has 2 heteroatoms. The quantitative estimate of drug-likeness (QED) is 0.429. The van der Waals surface area contributed by atoms with E-state index in [4.69, 9.17) is 5.11 Å². The molecule has 0 aromatic carbocycles. The standard InChI is InChI=1S/C5H12O.Ca.2H/c1-2-3-4-5-6;;;/h6H,2-5H2,1H3;;;. The first-order chi connectivity index (χ1) is 2.91. The van der Waals surface area contributed by atoms with Crippen molar-refractivity contribution in [2.75, 3.05) is 6.61 Å². The van der Waals surface area contributed by atoms with Crippen LogP contribution in [0.1, 0.15) is 26.2 Å². The predicted octanol–water partition coefficient (Wildman–Crippen LogP) is 0.253. The van der Waals surface area contributed by atoms with Crippen LogP contribution in [0.25, 0.3) is 0 Å². The summed E-state index contributed by atoms with van der Waals surface area (Å²) in [5.41, 5.74) is 0. The molecule has 0 spiro atoms. The van der Waals surface area contributed by atoms with E-state index < -0.39 is 0 Å². The Hall–Kier alpha value is 1.22. The Kier molecular flexibility index (Phi) is 16.2. The molecule has 7 heavy (non-hydrogen) atoms. The summed E-state index contributed by atoms with van der Waals surface area (Å²) < 4.78 is 0. The van der Waals surface area contributed by atoms with Crippen molar-refractivity contribution in [1.29, 1.82) is 0 Å². The van der Waals surface area contributed by atoms with Crippen molar-refractivity contribution in [2.45, 2.75) is 26.2 Å². The maximum atomic E-state index is 8.20. The third kappa shape index (κ3) is 11.0. The molecule has 1 N–H and O–H groups in total. The van der Waals surface area contributed by atoms with E-state index in [1.807, 2.05) is 0 Å². The van der Waals surface area contributed by atoms with E-state index in [0.717, 1.165) is 12.8 Å². The summed E-state index contributed by atoms with van der Waals surface area (Å²) in [5.74, 6) is 0. The molecule has 0 bridgehead atoms. The second-order valence-electron chi connectivity index (χ2n) is 1.43. The topological polar surface area (TPSA) is 20.2 Å². The Morgan fingerprint density at radius 2 is 1.86 bits per heavy atom. The van der Waals surface area contributed by atoms with Gasteiger partial charge in [-0.1, -0.05) is 19.8 Å². The fraction of sp³-hybridized carbons (Fsp3) is 1.00. The fourth-order valence-electron chi connectivity index (χ4n) is 0.362. The molecule has 0 heterocycles. The van der Waals surface area contributed by atoms with Gasteiger partial charge in [0.25, 0.3) is 0 Å². The average molecular weight is 130 g/mol. The number of rotatable bonds is 3. The number of aliphatic hydroxyl groups excluding tert-OH is 1. The van der Waals surface area contributed by atoms with E-state index >= 15 is 0 Å². The zero-order valence-corrected chi connectivity index (χ0v) is 4.28. The summed E-state index contributed by atoms with van der Waals surface area (Å²) in [6.07, 6.45) is 3.33. The van der Waals surface area contributed by atoms with Gasteiger partial charge in [-0.2, -0.15) is 0 Å². The average Bonchev–Trinajstić information content (AvgIpc) is 1.61. The molecule has 0 aliphatic heterocycles. The number of hydrogen-bond acceptors (Lipinski definition) is 1. The van der Waals surface area contributed by atoms with Crippen LogP contribution in [-0.4, -0.2) is 49.5 Å². The molecule has 0 amide bonds. The van der Waals surface area contributed by atoms with Crippen LogP contribution in [-0.2, 0) is 0 Å². The molecule has 42 valence electrons. The van der Waals surface area contributed by atoms with Gasteiger partial charge in [-0.3, -0.25) is 0 Å². The molecule has 0 saturated heterocycles. The molecule has 0 aliphatic carbocycles. The molecule has 0 unspecified atom stereocenters. The Morgan fingerprint density at radius 1 is 1.29 bits per heavy atom. The number of hydrogen-bond donors (Lipinski definition) is 1. The predicted molar refractivity (Wildman–Crippen MR) is 35.2 cm³/mol. The second-order valence-corrected chi connectivity index (χ2v) is 1.43. The van der Waals surface area contributed by atoms with Crippen molar-refractivity contribution in [3.63, 3.8) is 0 Å². The molecular formula is C5H14CaO. The molecule has 0 rings (SSSR count). The Morgan fingerprint density at radius 3 is 2.00 bits per heavy atom. The first kappa shape index (κ1) is 11.1. The van der Waals surface area contributed by atoms with Crippen LogP contribution in [0.4, 0.5) is 0 Å². The molecule has 0 aromatic rings. The van der Waals surface area contributed by atoms with E-state index in [9.17, 15) is 0 Å². The van der Waals surface area contributed by atoms with Crippen molar-refractivity contribution in [3.8, 4) is 0 Å². The van der Waals surface area contributed by atoms with E-state index in [1.165, 1.54) is 6.42 Å². The van der Waals surface area contributed by atoms with Gasteiger partial charge in [0.15, 0.2) is 0 Å². The second kappa shape index (κ2) is 10.3. The van der Waals surface area contributed by atoms with Crippen LogP contribution < -0.4 is 0 Å². The van der Waals surface area contributed by atoms with Crippen molar-refractivity contribution < 1.29 is 5.11 Å². The van der Waals surface area contributed by atoms with Gasteiger partial charge >= 0.3 is 37.7 Å². The molecule has 0 aromatic heterocycles. The zero-order chi connectivity index (χ0) is 4.83. The van der Waals surface area contributed by atoms with Gasteiger partial charge < -0.3 is 5.11 Å². The van der Waals surface area contributed by atoms with Gasteiger partial charge in [-0.05, 0) is 6.42 Å². The SMILES string of the molecule is CCCCCO.[CaH2]. The van der Waals surface area contributed by atoms with Crippen LogP contribution in [0.3, 0.4) is 0 Å². The third-order valence-electron chi connectivity index (χ3n) is 0.762. The van der Waals surface area contributed by atoms with Crippen LogP contribution in [0.5, 0.6) is 0 Å². The Labute approximate surface area is 75.1 Å². The Bertz CT molecular complexity index is 20.0. The third-order valence-corrected chi connectivity index (χ3v) is 0.762. The minimum absolute atomic E-state index is 0. The summed E-state index contributed by atoms with van der Waals surface area (Å²) in [4.78, 5) is 0. The fourth-order valence-corrected chi connectivity index (χ4v) is 0.362. The minimum atomic E-state index is 0. The first-order valence-electron chi connectivity index (χ1n) is 2.52. The summed E-state index contributed by atoms with van der Waals surface area (Å²) in [6, 6.07) is 0. The molecule has 0 atom stereocenters.